The lowest BCUT2D eigenvalue weighted by Crippen LogP contribution is -2.02. The predicted octanol–water partition coefficient (Wildman–Crippen LogP) is 2.17. The Labute approximate surface area is 94.2 Å². The van der Waals surface area contributed by atoms with Crippen LogP contribution < -0.4 is 9.47 Å². The molecule has 1 aromatic carbocycles. The zero-order valence-electron chi connectivity index (χ0n) is 9.46. The summed E-state index contributed by atoms with van der Waals surface area (Å²) in [6, 6.07) is 5.21. The number of hydrogen-bond donors (Lipinski definition) is 0. The maximum atomic E-state index is 12.0. The van der Waals surface area contributed by atoms with Gasteiger partial charge in [-0.15, -0.1) is 0 Å². The Morgan fingerprint density at radius 1 is 1.38 bits per heavy atom. The average molecular weight is 226 g/mol. The van der Waals surface area contributed by atoms with Gasteiger partial charge in [-0.1, -0.05) is 6.07 Å². The van der Waals surface area contributed by atoms with Crippen LogP contribution >= 0.6 is 0 Å². The highest BCUT2D eigenvalue weighted by Crippen LogP contribution is 2.28. The fourth-order valence-electron chi connectivity index (χ4n) is 1.38. The SMILES string of the molecule is COc1ccc(CC(C)=O)cc1OCCF. The molecule has 0 aliphatic heterocycles. The van der Waals surface area contributed by atoms with Crippen molar-refractivity contribution in [2.24, 2.45) is 0 Å². The molecular formula is C12H15FO3. The molecule has 0 aromatic heterocycles. The smallest absolute Gasteiger partial charge is 0.161 e. The van der Waals surface area contributed by atoms with E-state index in [1.807, 2.05) is 0 Å². The molecule has 0 saturated heterocycles. The van der Waals surface area contributed by atoms with E-state index in [1.54, 1.807) is 18.2 Å². The number of halogens is 1. The molecule has 0 unspecified atom stereocenters. The van der Waals surface area contributed by atoms with Crippen molar-refractivity contribution in [1.82, 2.24) is 0 Å². The summed E-state index contributed by atoms with van der Waals surface area (Å²) in [5.74, 6) is 1.08. The van der Waals surface area contributed by atoms with E-state index in [2.05, 4.69) is 0 Å². The maximum absolute atomic E-state index is 12.0. The predicted molar refractivity (Wildman–Crippen MR) is 58.8 cm³/mol. The lowest BCUT2D eigenvalue weighted by Gasteiger charge is -2.10. The number of carbonyl (C=O) groups excluding carboxylic acids is 1. The van der Waals surface area contributed by atoms with Crippen LogP contribution in [0.5, 0.6) is 11.5 Å². The van der Waals surface area contributed by atoms with Crippen LogP contribution in [0.1, 0.15) is 12.5 Å². The van der Waals surface area contributed by atoms with Gasteiger partial charge in [-0.05, 0) is 24.6 Å². The van der Waals surface area contributed by atoms with E-state index in [0.717, 1.165) is 5.56 Å². The monoisotopic (exact) mass is 226 g/mol. The first-order valence-corrected chi connectivity index (χ1v) is 5.02. The molecule has 4 heteroatoms. The first kappa shape index (κ1) is 12.5. The van der Waals surface area contributed by atoms with Crippen LogP contribution in [0.3, 0.4) is 0 Å². The fraction of sp³-hybridized carbons (Fsp3) is 0.417. The van der Waals surface area contributed by atoms with Crippen molar-refractivity contribution < 1.29 is 18.7 Å². The number of methoxy groups -OCH3 is 1. The van der Waals surface area contributed by atoms with E-state index in [4.69, 9.17) is 9.47 Å². The van der Waals surface area contributed by atoms with Gasteiger partial charge in [-0.25, -0.2) is 4.39 Å². The second kappa shape index (κ2) is 6.10. The molecule has 88 valence electrons. The third-order valence-corrected chi connectivity index (χ3v) is 2.02. The summed E-state index contributed by atoms with van der Waals surface area (Å²) < 4.78 is 22.3. The number of hydrogen-bond acceptors (Lipinski definition) is 3. The van der Waals surface area contributed by atoms with Gasteiger partial charge >= 0.3 is 0 Å². The lowest BCUT2D eigenvalue weighted by atomic mass is 10.1. The van der Waals surface area contributed by atoms with Gasteiger partial charge in [0.2, 0.25) is 0 Å². The molecule has 16 heavy (non-hydrogen) atoms. The zero-order chi connectivity index (χ0) is 12.0. The Morgan fingerprint density at radius 2 is 2.12 bits per heavy atom. The molecule has 0 aliphatic carbocycles. The molecule has 0 fully saturated rings. The standard InChI is InChI=1S/C12H15FO3/c1-9(14)7-10-3-4-11(15-2)12(8-10)16-6-5-13/h3-4,8H,5-7H2,1-2H3. The molecule has 0 bridgehead atoms. The fourth-order valence-corrected chi connectivity index (χ4v) is 1.38. The van der Waals surface area contributed by atoms with E-state index in [1.165, 1.54) is 14.0 Å². The van der Waals surface area contributed by atoms with Gasteiger partial charge in [0.1, 0.15) is 19.1 Å². The van der Waals surface area contributed by atoms with Gasteiger partial charge in [-0.2, -0.15) is 0 Å². The van der Waals surface area contributed by atoms with E-state index >= 15 is 0 Å². The van der Waals surface area contributed by atoms with Crippen LogP contribution in [0.4, 0.5) is 4.39 Å². The van der Waals surface area contributed by atoms with Crippen LogP contribution in [-0.4, -0.2) is 26.2 Å². The molecule has 0 N–H and O–H groups in total. The minimum Gasteiger partial charge on any atom is -0.493 e. The van der Waals surface area contributed by atoms with Crippen LogP contribution in [0.2, 0.25) is 0 Å². The van der Waals surface area contributed by atoms with E-state index in [9.17, 15) is 9.18 Å². The van der Waals surface area contributed by atoms with Gasteiger partial charge in [-0.3, -0.25) is 4.79 Å². The number of benzene rings is 1. The Morgan fingerprint density at radius 3 is 2.69 bits per heavy atom. The van der Waals surface area contributed by atoms with Gasteiger partial charge in [0.25, 0.3) is 0 Å². The molecule has 0 amide bonds. The summed E-state index contributed by atoms with van der Waals surface area (Å²) >= 11 is 0. The molecule has 0 saturated carbocycles. The number of ketones is 1. The second-order valence-corrected chi connectivity index (χ2v) is 3.40. The highest BCUT2D eigenvalue weighted by Gasteiger charge is 2.07. The Hall–Kier alpha value is -1.58. The molecule has 1 aromatic rings. The van der Waals surface area contributed by atoms with Crippen molar-refractivity contribution in [1.29, 1.82) is 0 Å². The van der Waals surface area contributed by atoms with Gasteiger partial charge < -0.3 is 9.47 Å². The summed E-state index contributed by atoms with van der Waals surface area (Å²) in [6.45, 7) is 0.951. The number of ether oxygens (including phenoxy) is 2. The zero-order valence-corrected chi connectivity index (χ0v) is 9.46. The summed E-state index contributed by atoms with van der Waals surface area (Å²) in [6.07, 6.45) is 0.343. The average Bonchev–Trinajstić information content (AvgIpc) is 2.25. The third-order valence-electron chi connectivity index (χ3n) is 2.02. The first-order chi connectivity index (χ1) is 7.67. The van der Waals surface area contributed by atoms with E-state index in [0.29, 0.717) is 17.9 Å². The molecule has 0 heterocycles. The molecule has 0 radical (unpaired) electrons. The summed E-state index contributed by atoms with van der Waals surface area (Å²) in [7, 11) is 1.52. The van der Waals surface area contributed by atoms with Gasteiger partial charge in [0, 0.05) is 6.42 Å². The van der Waals surface area contributed by atoms with Crippen LogP contribution in [-0.2, 0) is 11.2 Å². The van der Waals surface area contributed by atoms with Crippen molar-refractivity contribution in [3.05, 3.63) is 23.8 Å². The molecule has 3 nitrogen and oxygen atoms in total. The minimum atomic E-state index is -0.555. The summed E-state index contributed by atoms with van der Waals surface area (Å²) in [5.41, 5.74) is 0.835. The minimum absolute atomic E-state index is 0.0140. The highest BCUT2D eigenvalue weighted by atomic mass is 19.1. The number of Topliss-reactive ketones (excluding diaryl/α,β-unsaturated/α-hetero) is 1. The topological polar surface area (TPSA) is 35.5 Å². The van der Waals surface area contributed by atoms with E-state index < -0.39 is 6.67 Å². The Bertz CT molecular complexity index is 363. The van der Waals surface area contributed by atoms with Gasteiger partial charge in [0.05, 0.1) is 7.11 Å². The Balaban J connectivity index is 2.87. The molecular weight excluding hydrogens is 211 g/mol. The van der Waals surface area contributed by atoms with Crippen molar-refractivity contribution in [2.75, 3.05) is 20.4 Å². The normalized spacial score (nSPS) is 9.94. The van der Waals surface area contributed by atoms with Crippen LogP contribution in [0.25, 0.3) is 0 Å². The quantitative estimate of drug-likeness (QED) is 0.745. The number of alkyl halides is 1. The van der Waals surface area contributed by atoms with Crippen LogP contribution in [0, 0.1) is 0 Å². The van der Waals surface area contributed by atoms with Crippen molar-refractivity contribution in [3.8, 4) is 11.5 Å². The largest absolute Gasteiger partial charge is 0.493 e. The molecule has 0 aliphatic rings. The molecule has 0 spiro atoms. The highest BCUT2D eigenvalue weighted by molar-refractivity contribution is 5.78. The van der Waals surface area contributed by atoms with Crippen molar-refractivity contribution in [2.45, 2.75) is 13.3 Å². The first-order valence-electron chi connectivity index (χ1n) is 5.02. The number of carbonyl (C=O) groups is 1. The summed E-state index contributed by atoms with van der Waals surface area (Å²) in [4.78, 5) is 11.0. The maximum Gasteiger partial charge on any atom is 0.161 e. The lowest BCUT2D eigenvalue weighted by molar-refractivity contribution is -0.116. The number of rotatable bonds is 6. The van der Waals surface area contributed by atoms with Crippen molar-refractivity contribution in [3.63, 3.8) is 0 Å². The third kappa shape index (κ3) is 3.53. The Kier molecular flexibility index (Phi) is 4.76. The van der Waals surface area contributed by atoms with Crippen molar-refractivity contribution >= 4 is 5.78 Å². The molecule has 0 atom stereocenters. The summed E-state index contributed by atoms with van der Waals surface area (Å²) in [5, 5.41) is 0. The molecule has 1 rings (SSSR count). The van der Waals surface area contributed by atoms with Crippen LogP contribution in [0.15, 0.2) is 18.2 Å². The van der Waals surface area contributed by atoms with Gasteiger partial charge in [0.15, 0.2) is 11.5 Å². The van der Waals surface area contributed by atoms with E-state index in [-0.39, 0.29) is 12.4 Å². The second-order valence-electron chi connectivity index (χ2n) is 3.40.